The lowest BCUT2D eigenvalue weighted by atomic mass is 9.93. The Bertz CT molecular complexity index is 985. The summed E-state index contributed by atoms with van der Waals surface area (Å²) in [5.74, 6) is -0.676. The number of halogens is 1. The quantitative estimate of drug-likeness (QED) is 0.737. The van der Waals surface area contributed by atoms with Crippen LogP contribution in [0.3, 0.4) is 0 Å². The van der Waals surface area contributed by atoms with E-state index in [1.165, 1.54) is 24.6 Å². The second-order valence-corrected chi connectivity index (χ2v) is 9.16. The molecule has 0 saturated heterocycles. The molecule has 1 saturated carbocycles. The molecular weight excluding hydrogens is 391 g/mol. The Morgan fingerprint density at radius 2 is 1.86 bits per heavy atom. The van der Waals surface area contributed by atoms with E-state index in [4.69, 9.17) is 0 Å². The fourth-order valence-corrected chi connectivity index (χ4v) is 4.86. The lowest BCUT2D eigenvalue weighted by Gasteiger charge is -2.33. The van der Waals surface area contributed by atoms with Crippen molar-refractivity contribution >= 4 is 21.6 Å². The van der Waals surface area contributed by atoms with E-state index < -0.39 is 15.8 Å². The predicted molar refractivity (Wildman–Crippen MR) is 112 cm³/mol. The van der Waals surface area contributed by atoms with Gasteiger partial charge in [0.15, 0.2) is 0 Å². The average Bonchev–Trinajstić information content (AvgIpc) is 2.71. The molecule has 0 aliphatic heterocycles. The second kappa shape index (κ2) is 8.95. The van der Waals surface area contributed by atoms with Crippen LogP contribution >= 0.6 is 0 Å². The van der Waals surface area contributed by atoms with Crippen molar-refractivity contribution in [3.63, 3.8) is 0 Å². The van der Waals surface area contributed by atoms with E-state index in [2.05, 4.69) is 4.72 Å². The van der Waals surface area contributed by atoms with Gasteiger partial charge in [-0.1, -0.05) is 31.4 Å². The third-order valence-corrected chi connectivity index (χ3v) is 6.81. The van der Waals surface area contributed by atoms with Crippen molar-refractivity contribution in [2.45, 2.75) is 56.9 Å². The molecule has 1 N–H and O–H groups in total. The monoisotopic (exact) mass is 418 g/mol. The van der Waals surface area contributed by atoms with Gasteiger partial charge in [0.25, 0.3) is 15.9 Å². The first kappa shape index (κ1) is 21.3. The summed E-state index contributed by atoms with van der Waals surface area (Å²) in [4.78, 5) is 14.8. The molecule has 29 heavy (non-hydrogen) atoms. The smallest absolute Gasteiger partial charge is 0.261 e. The highest BCUT2D eigenvalue weighted by Gasteiger charge is 2.25. The van der Waals surface area contributed by atoms with Crippen LogP contribution in [0.5, 0.6) is 0 Å². The Morgan fingerprint density at radius 3 is 2.52 bits per heavy atom. The van der Waals surface area contributed by atoms with Crippen LogP contribution in [0.2, 0.25) is 0 Å². The summed E-state index contributed by atoms with van der Waals surface area (Å²) in [5.41, 5.74) is 1.09. The van der Waals surface area contributed by atoms with Crippen molar-refractivity contribution in [2.24, 2.45) is 0 Å². The summed E-state index contributed by atoms with van der Waals surface area (Å²) in [5, 5.41) is 0. The maximum Gasteiger partial charge on any atom is 0.261 e. The summed E-state index contributed by atoms with van der Waals surface area (Å²) in [6, 6.07) is 10.5. The van der Waals surface area contributed by atoms with E-state index in [9.17, 15) is 17.6 Å². The number of aryl methyl sites for hydroxylation is 1. The van der Waals surface area contributed by atoms with E-state index in [1.54, 1.807) is 25.1 Å². The first-order chi connectivity index (χ1) is 13.8. The number of benzene rings is 2. The highest BCUT2D eigenvalue weighted by Crippen LogP contribution is 2.25. The number of amides is 1. The van der Waals surface area contributed by atoms with Crippen molar-refractivity contribution in [1.29, 1.82) is 0 Å². The van der Waals surface area contributed by atoms with E-state index >= 15 is 0 Å². The number of carbonyl (C=O) groups excluding carboxylic acids is 1. The fourth-order valence-electron chi connectivity index (χ4n) is 3.80. The zero-order valence-electron chi connectivity index (χ0n) is 16.8. The molecule has 1 aliphatic carbocycles. The molecule has 5 nitrogen and oxygen atoms in total. The van der Waals surface area contributed by atoms with Gasteiger partial charge in [0, 0.05) is 23.8 Å². The minimum Gasteiger partial charge on any atom is -0.336 e. The van der Waals surface area contributed by atoms with E-state index in [0.29, 0.717) is 17.7 Å². The molecule has 0 aromatic heterocycles. The molecule has 7 heteroatoms. The van der Waals surface area contributed by atoms with Crippen LogP contribution in [-0.4, -0.2) is 31.8 Å². The summed E-state index contributed by atoms with van der Waals surface area (Å²) >= 11 is 0. The second-order valence-electron chi connectivity index (χ2n) is 7.48. The van der Waals surface area contributed by atoms with Gasteiger partial charge in [-0.15, -0.1) is 0 Å². The molecule has 0 radical (unpaired) electrons. The lowest BCUT2D eigenvalue weighted by Crippen LogP contribution is -2.41. The molecule has 1 amide bonds. The summed E-state index contributed by atoms with van der Waals surface area (Å²) in [6.45, 7) is 4.15. The first-order valence-corrected chi connectivity index (χ1v) is 11.5. The number of sulfonamides is 1. The molecule has 1 aliphatic rings. The van der Waals surface area contributed by atoms with Gasteiger partial charge in [0.2, 0.25) is 0 Å². The van der Waals surface area contributed by atoms with E-state index in [-0.39, 0.29) is 22.5 Å². The highest BCUT2D eigenvalue weighted by atomic mass is 32.2. The van der Waals surface area contributed by atoms with E-state index in [1.807, 2.05) is 11.8 Å². The Balaban J connectivity index is 1.81. The third kappa shape index (κ3) is 4.96. The van der Waals surface area contributed by atoms with Crippen LogP contribution in [0.4, 0.5) is 10.1 Å². The highest BCUT2D eigenvalue weighted by molar-refractivity contribution is 7.92. The normalized spacial score (nSPS) is 15.1. The van der Waals surface area contributed by atoms with Gasteiger partial charge in [-0.2, -0.15) is 0 Å². The van der Waals surface area contributed by atoms with Crippen molar-refractivity contribution in [3.8, 4) is 0 Å². The molecule has 0 atom stereocenters. The standard InChI is InChI=1S/C22H27FN2O3S/c1-3-25(19-10-5-4-6-11-19)22(26)17-8-7-9-18(14-17)24-29(27,28)20-13-12-16(2)21(23)15-20/h7-9,12-15,19,24H,3-6,10-11H2,1-2H3. The Morgan fingerprint density at radius 1 is 1.14 bits per heavy atom. The zero-order chi connectivity index (χ0) is 21.0. The molecule has 1 fully saturated rings. The van der Waals surface area contributed by atoms with Crippen LogP contribution in [0.25, 0.3) is 0 Å². The Labute approximate surface area is 172 Å². The SMILES string of the molecule is CCN(C(=O)c1cccc(NS(=O)(=O)c2ccc(C)c(F)c2)c1)C1CCCCC1. The van der Waals surface area contributed by atoms with Crippen LogP contribution < -0.4 is 4.72 Å². The fraction of sp³-hybridized carbons (Fsp3) is 0.409. The minimum atomic E-state index is -3.96. The molecule has 2 aromatic rings. The summed E-state index contributed by atoms with van der Waals surface area (Å²) in [7, 11) is -3.96. The maximum absolute atomic E-state index is 13.8. The third-order valence-electron chi connectivity index (χ3n) is 5.43. The molecule has 0 unspecified atom stereocenters. The average molecular weight is 419 g/mol. The number of hydrogen-bond acceptors (Lipinski definition) is 3. The number of nitrogens with zero attached hydrogens (tertiary/aromatic N) is 1. The van der Waals surface area contributed by atoms with Gasteiger partial charge < -0.3 is 4.90 Å². The lowest BCUT2D eigenvalue weighted by molar-refractivity contribution is 0.0648. The maximum atomic E-state index is 13.8. The van der Waals surface area contributed by atoms with Crippen molar-refractivity contribution < 1.29 is 17.6 Å². The number of nitrogens with one attached hydrogen (secondary N) is 1. The van der Waals surface area contributed by atoms with Crippen LogP contribution in [0.15, 0.2) is 47.4 Å². The first-order valence-electron chi connectivity index (χ1n) is 10.0. The van der Waals surface area contributed by atoms with Crippen LogP contribution in [-0.2, 0) is 10.0 Å². The van der Waals surface area contributed by atoms with Gasteiger partial charge in [0.05, 0.1) is 4.90 Å². The summed E-state index contributed by atoms with van der Waals surface area (Å²) < 4.78 is 41.4. The number of anilines is 1. The Kier molecular flexibility index (Phi) is 6.57. The number of carbonyl (C=O) groups is 1. The summed E-state index contributed by atoms with van der Waals surface area (Å²) in [6.07, 6.45) is 5.47. The van der Waals surface area contributed by atoms with Gasteiger partial charge in [-0.25, -0.2) is 12.8 Å². The molecule has 156 valence electrons. The zero-order valence-corrected chi connectivity index (χ0v) is 17.6. The Hall–Kier alpha value is -2.41. The largest absolute Gasteiger partial charge is 0.336 e. The van der Waals surface area contributed by atoms with Crippen LogP contribution in [0.1, 0.15) is 54.9 Å². The molecule has 3 rings (SSSR count). The molecule has 0 bridgehead atoms. The van der Waals surface area contributed by atoms with Gasteiger partial charge >= 0.3 is 0 Å². The molecule has 0 heterocycles. The van der Waals surface area contributed by atoms with Crippen molar-refractivity contribution in [3.05, 3.63) is 59.4 Å². The number of hydrogen-bond donors (Lipinski definition) is 1. The molecule has 2 aromatic carbocycles. The van der Waals surface area contributed by atoms with Gasteiger partial charge in [-0.3, -0.25) is 9.52 Å². The van der Waals surface area contributed by atoms with E-state index in [0.717, 1.165) is 31.7 Å². The van der Waals surface area contributed by atoms with Crippen molar-refractivity contribution in [1.82, 2.24) is 4.90 Å². The minimum absolute atomic E-state index is 0.0955. The van der Waals surface area contributed by atoms with Gasteiger partial charge in [-0.05, 0) is 62.6 Å². The molecule has 0 spiro atoms. The van der Waals surface area contributed by atoms with Gasteiger partial charge in [0.1, 0.15) is 5.82 Å². The molecular formula is C22H27FN2O3S. The van der Waals surface area contributed by atoms with Crippen LogP contribution in [0, 0.1) is 12.7 Å². The predicted octanol–water partition coefficient (Wildman–Crippen LogP) is 4.73. The number of rotatable bonds is 6. The van der Waals surface area contributed by atoms with Crippen molar-refractivity contribution in [2.75, 3.05) is 11.3 Å². The topological polar surface area (TPSA) is 66.5 Å².